The van der Waals surface area contributed by atoms with Gasteiger partial charge in [0.05, 0.1) is 17.1 Å². The molecule has 1 amide bonds. The van der Waals surface area contributed by atoms with E-state index in [-0.39, 0.29) is 30.0 Å². The molecule has 4 rings (SSSR count). The number of benzene rings is 1. The van der Waals surface area contributed by atoms with Crippen molar-refractivity contribution >= 4 is 21.6 Å². The van der Waals surface area contributed by atoms with Crippen molar-refractivity contribution in [2.24, 2.45) is 0 Å². The van der Waals surface area contributed by atoms with Crippen LogP contribution in [0.2, 0.25) is 0 Å². The standard InChI is InChI=1S/C18H22N4O5S/c1-11-7-14-15(8-16(11)28(24,25)21-13-5-3-4-6-13)26-10-18(23)22(14)9-17-19-12(2)27-20-17/h7-8,13,21H,3-6,9-10H2,1-2H3. The van der Waals surface area contributed by atoms with E-state index in [1.165, 1.54) is 11.0 Å². The molecule has 1 aliphatic carbocycles. The monoisotopic (exact) mass is 406 g/mol. The van der Waals surface area contributed by atoms with E-state index in [9.17, 15) is 13.2 Å². The lowest BCUT2D eigenvalue weighted by Gasteiger charge is -2.29. The largest absolute Gasteiger partial charge is 0.482 e. The zero-order valence-electron chi connectivity index (χ0n) is 15.8. The lowest BCUT2D eigenvalue weighted by atomic mass is 10.1. The average molecular weight is 406 g/mol. The molecule has 0 saturated heterocycles. The molecule has 1 aromatic carbocycles. The Morgan fingerprint density at radius 3 is 2.68 bits per heavy atom. The van der Waals surface area contributed by atoms with Gasteiger partial charge < -0.3 is 9.26 Å². The van der Waals surface area contributed by atoms with Gasteiger partial charge in [-0.1, -0.05) is 18.0 Å². The first-order valence-electron chi connectivity index (χ1n) is 9.23. The molecule has 1 aromatic heterocycles. The van der Waals surface area contributed by atoms with Gasteiger partial charge in [-0.3, -0.25) is 9.69 Å². The number of aryl methyl sites for hydroxylation is 2. The zero-order chi connectivity index (χ0) is 19.9. The maximum atomic E-state index is 12.9. The van der Waals surface area contributed by atoms with Crippen molar-refractivity contribution in [2.75, 3.05) is 11.5 Å². The third-order valence-corrected chi connectivity index (χ3v) is 6.70. The Morgan fingerprint density at radius 1 is 1.25 bits per heavy atom. The molecule has 1 saturated carbocycles. The van der Waals surface area contributed by atoms with Crippen LogP contribution >= 0.6 is 0 Å². The molecule has 28 heavy (non-hydrogen) atoms. The molecule has 2 aliphatic rings. The summed E-state index contributed by atoms with van der Waals surface area (Å²) >= 11 is 0. The number of fused-ring (bicyclic) bond motifs is 1. The number of rotatable bonds is 5. The summed E-state index contributed by atoms with van der Waals surface area (Å²) in [5.41, 5.74) is 1.04. The van der Waals surface area contributed by atoms with Crippen LogP contribution in [0.3, 0.4) is 0 Å². The highest BCUT2D eigenvalue weighted by molar-refractivity contribution is 7.89. The van der Waals surface area contributed by atoms with Gasteiger partial charge >= 0.3 is 0 Å². The number of nitrogens with one attached hydrogen (secondary N) is 1. The van der Waals surface area contributed by atoms with E-state index in [2.05, 4.69) is 14.9 Å². The molecular weight excluding hydrogens is 384 g/mol. The summed E-state index contributed by atoms with van der Waals surface area (Å²) < 4.78 is 39.0. The van der Waals surface area contributed by atoms with E-state index in [1.807, 2.05) is 0 Å². The minimum absolute atomic E-state index is 0.0269. The van der Waals surface area contributed by atoms with Gasteiger partial charge in [-0.15, -0.1) is 0 Å². The van der Waals surface area contributed by atoms with Crippen LogP contribution in [0, 0.1) is 13.8 Å². The Balaban J connectivity index is 1.66. The van der Waals surface area contributed by atoms with Gasteiger partial charge in [0.15, 0.2) is 12.4 Å². The number of carbonyl (C=O) groups is 1. The van der Waals surface area contributed by atoms with Gasteiger partial charge in [0.2, 0.25) is 15.9 Å². The molecule has 0 spiro atoms. The van der Waals surface area contributed by atoms with Crippen LogP contribution in [0.15, 0.2) is 21.6 Å². The van der Waals surface area contributed by atoms with Crippen LogP contribution < -0.4 is 14.4 Å². The molecule has 2 heterocycles. The third-order valence-electron chi connectivity index (χ3n) is 5.04. The summed E-state index contributed by atoms with van der Waals surface area (Å²) in [5.74, 6) is 0.869. The summed E-state index contributed by atoms with van der Waals surface area (Å²) in [5, 5.41) is 3.83. The Labute approximate surface area is 163 Å². The zero-order valence-corrected chi connectivity index (χ0v) is 16.6. The fourth-order valence-corrected chi connectivity index (χ4v) is 5.22. The number of anilines is 1. The molecule has 0 bridgehead atoms. The topological polar surface area (TPSA) is 115 Å². The smallest absolute Gasteiger partial charge is 0.265 e. The number of ether oxygens (including phenoxy) is 1. The van der Waals surface area contributed by atoms with Gasteiger partial charge in [-0.05, 0) is 31.4 Å². The van der Waals surface area contributed by atoms with Gasteiger partial charge in [-0.2, -0.15) is 4.98 Å². The summed E-state index contributed by atoms with van der Waals surface area (Å²) in [7, 11) is -3.67. The second kappa shape index (κ2) is 7.17. The Hall–Kier alpha value is -2.46. The first kappa shape index (κ1) is 18.9. The molecule has 2 aromatic rings. The summed E-state index contributed by atoms with van der Waals surface area (Å²) in [6.45, 7) is 3.32. The molecule has 1 aliphatic heterocycles. The van der Waals surface area contributed by atoms with Crippen LogP contribution in [0.25, 0.3) is 0 Å². The van der Waals surface area contributed by atoms with Crippen LogP contribution in [0.4, 0.5) is 5.69 Å². The molecule has 0 atom stereocenters. The number of nitrogens with zero attached hydrogens (tertiary/aromatic N) is 3. The second-order valence-electron chi connectivity index (χ2n) is 7.19. The SMILES string of the molecule is Cc1nc(CN2C(=O)COc3cc(S(=O)(=O)NC4CCCC4)c(C)cc32)no1. The van der Waals surface area contributed by atoms with Crippen LogP contribution in [-0.4, -0.2) is 37.1 Å². The van der Waals surface area contributed by atoms with Crippen molar-refractivity contribution in [2.45, 2.75) is 57.0 Å². The first-order valence-corrected chi connectivity index (χ1v) is 10.7. The third kappa shape index (κ3) is 3.61. The highest BCUT2D eigenvalue weighted by atomic mass is 32.2. The number of sulfonamides is 1. The number of aromatic nitrogens is 2. The van der Waals surface area contributed by atoms with Gasteiger partial charge in [-0.25, -0.2) is 13.1 Å². The van der Waals surface area contributed by atoms with Crippen molar-refractivity contribution in [1.82, 2.24) is 14.9 Å². The van der Waals surface area contributed by atoms with Crippen molar-refractivity contribution in [1.29, 1.82) is 0 Å². The molecule has 0 unspecified atom stereocenters. The van der Waals surface area contributed by atoms with E-state index >= 15 is 0 Å². The Morgan fingerprint density at radius 2 is 2.00 bits per heavy atom. The van der Waals surface area contributed by atoms with Crippen LogP contribution in [-0.2, 0) is 21.4 Å². The van der Waals surface area contributed by atoms with Crippen LogP contribution in [0.5, 0.6) is 5.75 Å². The Bertz CT molecular complexity index is 1010. The van der Waals surface area contributed by atoms with Crippen molar-refractivity contribution in [3.05, 3.63) is 29.4 Å². The minimum atomic E-state index is -3.67. The molecule has 1 N–H and O–H groups in total. The number of hydrogen-bond donors (Lipinski definition) is 1. The average Bonchev–Trinajstić information content (AvgIpc) is 3.28. The molecule has 9 nitrogen and oxygen atoms in total. The predicted molar refractivity (Wildman–Crippen MR) is 99.5 cm³/mol. The number of hydrogen-bond acceptors (Lipinski definition) is 7. The van der Waals surface area contributed by atoms with Gasteiger partial charge in [0.25, 0.3) is 5.91 Å². The minimum Gasteiger partial charge on any atom is -0.482 e. The van der Waals surface area contributed by atoms with E-state index in [1.54, 1.807) is 19.9 Å². The molecule has 150 valence electrons. The summed E-state index contributed by atoms with van der Waals surface area (Å²) in [6, 6.07) is 3.12. The molecule has 1 fully saturated rings. The predicted octanol–water partition coefficient (Wildman–Crippen LogP) is 1.83. The normalized spacial score (nSPS) is 17.6. The number of carbonyl (C=O) groups excluding carboxylic acids is 1. The van der Waals surface area contributed by atoms with E-state index in [4.69, 9.17) is 9.26 Å². The maximum Gasteiger partial charge on any atom is 0.265 e. The fourth-order valence-electron chi connectivity index (χ4n) is 3.67. The van der Waals surface area contributed by atoms with Crippen LogP contribution in [0.1, 0.15) is 43.0 Å². The molecular formula is C18H22N4O5S. The summed E-state index contributed by atoms with van der Waals surface area (Å²) in [4.78, 5) is 18.2. The van der Waals surface area contributed by atoms with Crippen molar-refractivity contribution < 1.29 is 22.5 Å². The molecule has 0 radical (unpaired) electrons. The van der Waals surface area contributed by atoms with Crippen molar-refractivity contribution in [3.63, 3.8) is 0 Å². The quantitative estimate of drug-likeness (QED) is 0.805. The van der Waals surface area contributed by atoms with E-state index < -0.39 is 10.0 Å². The van der Waals surface area contributed by atoms with Gasteiger partial charge in [0, 0.05) is 19.0 Å². The fraction of sp³-hybridized carbons (Fsp3) is 0.500. The number of amides is 1. The first-order chi connectivity index (χ1) is 13.3. The Kier molecular flexibility index (Phi) is 4.84. The van der Waals surface area contributed by atoms with Gasteiger partial charge in [0.1, 0.15) is 5.75 Å². The maximum absolute atomic E-state index is 12.9. The second-order valence-corrected chi connectivity index (χ2v) is 8.87. The lowest BCUT2D eigenvalue weighted by molar-refractivity contribution is -0.121. The lowest BCUT2D eigenvalue weighted by Crippen LogP contribution is -2.39. The highest BCUT2D eigenvalue weighted by Crippen LogP contribution is 2.37. The van der Waals surface area contributed by atoms with E-state index in [0.29, 0.717) is 28.7 Å². The van der Waals surface area contributed by atoms with Crippen molar-refractivity contribution in [3.8, 4) is 5.75 Å². The molecule has 10 heteroatoms. The highest BCUT2D eigenvalue weighted by Gasteiger charge is 2.31. The van der Waals surface area contributed by atoms with E-state index in [0.717, 1.165) is 25.7 Å². The summed E-state index contributed by atoms with van der Waals surface area (Å²) in [6.07, 6.45) is 3.77.